The maximum atomic E-state index is 14.4. The first-order valence-corrected chi connectivity index (χ1v) is 13.1. The molecule has 6 nitrogen and oxygen atoms in total. The zero-order valence-corrected chi connectivity index (χ0v) is 22.2. The molecule has 0 spiro atoms. The number of rotatable bonds is 9. The van der Waals surface area contributed by atoms with E-state index < -0.39 is 28.7 Å². The fraction of sp³-hybridized carbons (Fsp3) is 0.0645. The van der Waals surface area contributed by atoms with E-state index in [-0.39, 0.29) is 22.9 Å². The fourth-order valence-electron chi connectivity index (χ4n) is 3.59. The number of halogens is 2. The lowest BCUT2D eigenvalue weighted by Gasteiger charge is -2.14. The molecule has 0 aromatic heterocycles. The molecule has 0 saturated heterocycles. The number of amides is 3. The molecule has 0 aliphatic carbocycles. The van der Waals surface area contributed by atoms with Crippen LogP contribution in [-0.2, 0) is 9.59 Å². The molecule has 4 aromatic carbocycles. The van der Waals surface area contributed by atoms with E-state index in [2.05, 4.69) is 16.0 Å². The Hall–Kier alpha value is -4.76. The first-order chi connectivity index (χ1) is 19.3. The zero-order valence-electron chi connectivity index (χ0n) is 21.4. The Balaban J connectivity index is 1.49. The number of carbonyl (C=O) groups is 3. The zero-order chi connectivity index (χ0) is 28.5. The van der Waals surface area contributed by atoms with Crippen LogP contribution in [0.1, 0.15) is 22.8 Å². The molecule has 0 aliphatic heterocycles. The van der Waals surface area contributed by atoms with Gasteiger partial charge in [0.1, 0.15) is 17.3 Å². The summed E-state index contributed by atoms with van der Waals surface area (Å²) in [5.41, 5.74) is 0.781. The van der Waals surface area contributed by atoms with E-state index in [1.807, 2.05) is 0 Å². The van der Waals surface area contributed by atoms with Crippen molar-refractivity contribution >= 4 is 46.9 Å². The van der Waals surface area contributed by atoms with Gasteiger partial charge in [-0.1, -0.05) is 54.6 Å². The highest BCUT2D eigenvalue weighted by atomic mass is 32.2. The summed E-state index contributed by atoms with van der Waals surface area (Å²) >= 11 is 1.22. The van der Waals surface area contributed by atoms with Crippen LogP contribution in [0.2, 0.25) is 0 Å². The lowest BCUT2D eigenvalue weighted by molar-refractivity contribution is -0.115. The number of hydrogen-bond donors (Lipinski definition) is 3. The van der Waals surface area contributed by atoms with E-state index in [0.717, 1.165) is 0 Å². The molecular formula is C31H25F2N3O3S. The smallest absolute Gasteiger partial charge is 0.272 e. The molecule has 3 N–H and O–H groups in total. The average Bonchev–Trinajstić information content (AvgIpc) is 2.95. The SMILES string of the molecule is CC(Sc1cccc(NC(=O)/C(=C/c2ccccc2F)NC(=O)c2ccccc2)c1)C(=O)Nc1ccccc1F. The Morgan fingerprint density at radius 2 is 1.45 bits per heavy atom. The summed E-state index contributed by atoms with van der Waals surface area (Å²) in [6.07, 6.45) is 1.26. The van der Waals surface area contributed by atoms with E-state index in [4.69, 9.17) is 0 Å². The molecule has 0 aliphatic rings. The topological polar surface area (TPSA) is 87.3 Å². The Bertz CT molecular complexity index is 1560. The number of anilines is 2. The Morgan fingerprint density at radius 3 is 2.17 bits per heavy atom. The van der Waals surface area contributed by atoms with Crippen molar-refractivity contribution in [1.82, 2.24) is 5.32 Å². The standard InChI is InChI=1S/C31H25F2N3O3S/c1-20(29(37)35-27-17-8-7-16-26(27)33)40-24-14-9-13-23(19-24)34-31(39)28(18-22-12-5-6-15-25(22)32)36-30(38)21-10-3-2-4-11-21/h2-20H,1H3,(H,34,39)(H,35,37)(H,36,38)/b28-18-. The molecular weight excluding hydrogens is 532 g/mol. The van der Waals surface area contributed by atoms with Gasteiger partial charge in [0.25, 0.3) is 11.8 Å². The van der Waals surface area contributed by atoms with Crippen LogP contribution >= 0.6 is 11.8 Å². The van der Waals surface area contributed by atoms with Crippen molar-refractivity contribution in [3.8, 4) is 0 Å². The van der Waals surface area contributed by atoms with Gasteiger partial charge in [0.15, 0.2) is 0 Å². The molecule has 1 unspecified atom stereocenters. The summed E-state index contributed by atoms with van der Waals surface area (Å²) in [6.45, 7) is 1.68. The molecule has 4 rings (SSSR count). The normalized spacial score (nSPS) is 11.8. The minimum absolute atomic E-state index is 0.0904. The third-order valence-electron chi connectivity index (χ3n) is 5.64. The van der Waals surface area contributed by atoms with Crippen molar-refractivity contribution in [3.05, 3.63) is 132 Å². The third kappa shape index (κ3) is 7.64. The van der Waals surface area contributed by atoms with Crippen LogP contribution in [0.4, 0.5) is 20.2 Å². The van der Waals surface area contributed by atoms with Crippen molar-refractivity contribution in [3.63, 3.8) is 0 Å². The summed E-state index contributed by atoms with van der Waals surface area (Å²) < 4.78 is 28.3. The number of carbonyl (C=O) groups excluding carboxylic acids is 3. The average molecular weight is 558 g/mol. The molecule has 9 heteroatoms. The second kappa shape index (κ2) is 13.3. The summed E-state index contributed by atoms with van der Waals surface area (Å²) in [6, 6.07) is 26.9. The summed E-state index contributed by atoms with van der Waals surface area (Å²) in [4.78, 5) is 39.3. The fourth-order valence-corrected chi connectivity index (χ4v) is 4.52. The van der Waals surface area contributed by atoms with Gasteiger partial charge in [-0.15, -0.1) is 11.8 Å². The van der Waals surface area contributed by atoms with Gasteiger partial charge in [-0.05, 0) is 61.5 Å². The van der Waals surface area contributed by atoms with Crippen LogP contribution in [0.5, 0.6) is 0 Å². The van der Waals surface area contributed by atoms with Gasteiger partial charge in [0.2, 0.25) is 5.91 Å². The molecule has 4 aromatic rings. The van der Waals surface area contributed by atoms with Gasteiger partial charge >= 0.3 is 0 Å². The predicted octanol–water partition coefficient (Wildman–Crippen LogP) is 6.49. The lowest BCUT2D eigenvalue weighted by atomic mass is 10.1. The van der Waals surface area contributed by atoms with E-state index in [0.29, 0.717) is 16.1 Å². The van der Waals surface area contributed by atoms with Gasteiger partial charge in [0, 0.05) is 21.7 Å². The maximum absolute atomic E-state index is 14.4. The quantitative estimate of drug-likeness (QED) is 0.162. The van der Waals surface area contributed by atoms with E-state index >= 15 is 0 Å². The Morgan fingerprint density at radius 1 is 0.775 bits per heavy atom. The molecule has 202 valence electrons. The van der Waals surface area contributed by atoms with Crippen molar-refractivity contribution < 1.29 is 23.2 Å². The number of para-hydroxylation sites is 1. The van der Waals surface area contributed by atoms with Crippen LogP contribution < -0.4 is 16.0 Å². The second-order valence-electron chi connectivity index (χ2n) is 8.61. The van der Waals surface area contributed by atoms with Crippen molar-refractivity contribution in [2.24, 2.45) is 0 Å². The number of benzene rings is 4. The van der Waals surface area contributed by atoms with Gasteiger partial charge < -0.3 is 16.0 Å². The molecule has 0 saturated carbocycles. The van der Waals surface area contributed by atoms with Gasteiger partial charge in [0.05, 0.1) is 10.9 Å². The largest absolute Gasteiger partial charge is 0.323 e. The molecule has 1 atom stereocenters. The first-order valence-electron chi connectivity index (χ1n) is 12.3. The van der Waals surface area contributed by atoms with E-state index in [1.165, 1.54) is 54.2 Å². The molecule has 0 bridgehead atoms. The Kier molecular flexibility index (Phi) is 9.43. The molecule has 40 heavy (non-hydrogen) atoms. The molecule has 0 radical (unpaired) electrons. The van der Waals surface area contributed by atoms with E-state index in [9.17, 15) is 23.2 Å². The highest BCUT2D eigenvalue weighted by Gasteiger charge is 2.18. The van der Waals surface area contributed by atoms with Gasteiger partial charge in [-0.2, -0.15) is 0 Å². The molecule has 0 fully saturated rings. The summed E-state index contributed by atoms with van der Waals surface area (Å²) in [5, 5.41) is 7.29. The van der Waals surface area contributed by atoms with Crippen LogP contribution in [-0.4, -0.2) is 23.0 Å². The first kappa shape index (κ1) is 28.3. The van der Waals surface area contributed by atoms with Crippen LogP contribution in [0.3, 0.4) is 0 Å². The number of thioether (sulfide) groups is 1. The van der Waals surface area contributed by atoms with Crippen LogP contribution in [0.25, 0.3) is 6.08 Å². The highest BCUT2D eigenvalue weighted by Crippen LogP contribution is 2.27. The maximum Gasteiger partial charge on any atom is 0.272 e. The van der Waals surface area contributed by atoms with Gasteiger partial charge in [-0.25, -0.2) is 8.78 Å². The van der Waals surface area contributed by atoms with E-state index in [1.54, 1.807) is 73.7 Å². The van der Waals surface area contributed by atoms with Crippen molar-refractivity contribution in [2.75, 3.05) is 10.6 Å². The van der Waals surface area contributed by atoms with Crippen LogP contribution in [0.15, 0.2) is 114 Å². The number of nitrogens with one attached hydrogen (secondary N) is 3. The minimum atomic E-state index is -0.667. The Labute approximate surface area is 234 Å². The van der Waals surface area contributed by atoms with Crippen molar-refractivity contribution in [2.45, 2.75) is 17.1 Å². The lowest BCUT2D eigenvalue weighted by Crippen LogP contribution is -2.30. The monoisotopic (exact) mass is 557 g/mol. The number of hydrogen-bond acceptors (Lipinski definition) is 4. The van der Waals surface area contributed by atoms with Crippen molar-refractivity contribution in [1.29, 1.82) is 0 Å². The highest BCUT2D eigenvalue weighted by molar-refractivity contribution is 8.00. The third-order valence-corrected chi connectivity index (χ3v) is 6.73. The second-order valence-corrected chi connectivity index (χ2v) is 10.0. The van der Waals surface area contributed by atoms with Gasteiger partial charge in [-0.3, -0.25) is 14.4 Å². The molecule has 3 amide bonds. The summed E-state index contributed by atoms with van der Waals surface area (Å²) in [5.74, 6) is -2.67. The summed E-state index contributed by atoms with van der Waals surface area (Å²) in [7, 11) is 0. The predicted molar refractivity (Wildman–Crippen MR) is 154 cm³/mol. The van der Waals surface area contributed by atoms with Crippen LogP contribution in [0, 0.1) is 11.6 Å². The minimum Gasteiger partial charge on any atom is -0.323 e. The molecule has 0 heterocycles.